The predicted octanol–water partition coefficient (Wildman–Crippen LogP) is 0.930. The molecule has 3 nitrogen and oxygen atoms in total. The van der Waals surface area contributed by atoms with Gasteiger partial charge in [0, 0.05) is 0 Å². The highest BCUT2D eigenvalue weighted by molar-refractivity contribution is 7.16. The lowest BCUT2D eigenvalue weighted by atomic mass is 10.5. The number of pyridine rings is 1. The van der Waals surface area contributed by atoms with Gasteiger partial charge in [-0.1, -0.05) is 11.3 Å². The van der Waals surface area contributed by atoms with Gasteiger partial charge in [0.1, 0.15) is 16.4 Å². The van der Waals surface area contributed by atoms with E-state index in [0.29, 0.717) is 5.65 Å². The number of fused-ring (bicyclic) bond motifs is 1. The smallest absolute Gasteiger partial charge is 0.344 e. The van der Waals surface area contributed by atoms with Crippen LogP contribution in [0.2, 0.25) is 0 Å². The van der Waals surface area contributed by atoms with Crippen LogP contribution in [0.3, 0.4) is 0 Å². The molecule has 0 radical (unpaired) electrons. The first-order valence-electron chi connectivity index (χ1n) is 2.79. The van der Waals surface area contributed by atoms with Gasteiger partial charge in [-0.2, -0.15) is 0 Å². The van der Waals surface area contributed by atoms with E-state index in [1.807, 2.05) is 12.1 Å². The number of aromatic nitrogens is 2. The quantitative estimate of drug-likeness (QED) is 0.416. The minimum Gasteiger partial charge on any atom is -0.710 e. The van der Waals surface area contributed by atoms with Crippen molar-refractivity contribution >= 4 is 21.7 Å². The summed E-state index contributed by atoms with van der Waals surface area (Å²) in [5.74, 6) is 0. The molecule has 0 N–H and O–H groups in total. The fraction of sp³-hybridized carbons (Fsp3) is 0. The molecular weight excluding hydrogens is 148 g/mol. The van der Waals surface area contributed by atoms with Crippen LogP contribution in [-0.2, 0) is 0 Å². The molecule has 4 heteroatoms. The van der Waals surface area contributed by atoms with Crippen molar-refractivity contribution < 1.29 is 4.73 Å². The van der Waals surface area contributed by atoms with Gasteiger partial charge in [-0.15, -0.1) is 0 Å². The zero-order valence-electron chi connectivity index (χ0n) is 5.02. The highest BCUT2D eigenvalue weighted by Gasteiger charge is 2.03. The molecular formula is C6H4N2OS. The van der Waals surface area contributed by atoms with E-state index in [1.165, 1.54) is 16.8 Å². The van der Waals surface area contributed by atoms with Crippen molar-refractivity contribution in [1.29, 1.82) is 0 Å². The molecule has 0 spiro atoms. The number of thiazole rings is 1. The van der Waals surface area contributed by atoms with Crippen LogP contribution in [0.15, 0.2) is 23.8 Å². The molecule has 10 heavy (non-hydrogen) atoms. The third-order valence-electron chi connectivity index (χ3n) is 1.24. The highest BCUT2D eigenvalue weighted by Crippen LogP contribution is 2.11. The lowest BCUT2D eigenvalue weighted by Gasteiger charge is -1.90. The Morgan fingerprint density at radius 2 is 2.50 bits per heavy atom. The summed E-state index contributed by atoms with van der Waals surface area (Å²) in [6, 6.07) is 3.69. The minimum absolute atomic E-state index is 0.507. The first-order valence-corrected chi connectivity index (χ1v) is 3.67. The van der Waals surface area contributed by atoms with Crippen LogP contribution in [0.1, 0.15) is 0 Å². The van der Waals surface area contributed by atoms with Crippen LogP contribution in [0, 0.1) is 5.21 Å². The van der Waals surface area contributed by atoms with Gasteiger partial charge in [-0.25, -0.2) is 4.73 Å². The second kappa shape index (κ2) is 1.91. The Labute approximate surface area is 61.2 Å². The predicted molar refractivity (Wildman–Crippen MR) is 38.6 cm³/mol. The Morgan fingerprint density at radius 3 is 3.30 bits per heavy atom. The first kappa shape index (κ1) is 5.61. The van der Waals surface area contributed by atoms with Crippen LogP contribution < -0.4 is 4.73 Å². The normalized spacial score (nSPS) is 10.4. The molecule has 0 aliphatic heterocycles. The topological polar surface area (TPSA) is 39.8 Å². The molecule has 50 valence electrons. The van der Waals surface area contributed by atoms with Gasteiger partial charge in [-0.3, -0.25) is 0 Å². The van der Waals surface area contributed by atoms with Gasteiger partial charge < -0.3 is 5.21 Å². The lowest BCUT2D eigenvalue weighted by Crippen LogP contribution is -2.22. The molecule has 0 saturated carbocycles. The molecule has 2 aromatic heterocycles. The van der Waals surface area contributed by atoms with E-state index in [0.717, 1.165) is 9.43 Å². The molecule has 0 aromatic carbocycles. The molecule has 0 amide bonds. The van der Waals surface area contributed by atoms with Gasteiger partial charge in [0.2, 0.25) is 0 Å². The fourth-order valence-corrected chi connectivity index (χ4v) is 1.51. The van der Waals surface area contributed by atoms with Crippen molar-refractivity contribution in [2.75, 3.05) is 0 Å². The van der Waals surface area contributed by atoms with Crippen LogP contribution in [0.5, 0.6) is 0 Å². The van der Waals surface area contributed by atoms with E-state index in [-0.39, 0.29) is 0 Å². The molecule has 2 aromatic rings. The maximum atomic E-state index is 10.8. The molecule has 2 rings (SSSR count). The van der Waals surface area contributed by atoms with Gasteiger partial charge in [0.15, 0.2) is 0 Å². The van der Waals surface area contributed by atoms with Gasteiger partial charge in [0.05, 0.1) is 0 Å². The van der Waals surface area contributed by atoms with Crippen molar-refractivity contribution in [2.45, 2.75) is 0 Å². The minimum atomic E-state index is 0.507. The summed E-state index contributed by atoms with van der Waals surface area (Å²) in [6.45, 7) is 0. The van der Waals surface area contributed by atoms with Crippen molar-refractivity contribution in [3.8, 4) is 0 Å². The fourth-order valence-electron chi connectivity index (χ4n) is 0.794. The molecule has 0 fully saturated rings. The Morgan fingerprint density at radius 1 is 1.60 bits per heavy atom. The van der Waals surface area contributed by atoms with E-state index < -0.39 is 0 Å². The zero-order chi connectivity index (χ0) is 6.97. The van der Waals surface area contributed by atoms with E-state index in [9.17, 15) is 5.21 Å². The SMILES string of the molecule is [O-][n+]1csc2cccnc21. The average molecular weight is 152 g/mol. The summed E-state index contributed by atoms with van der Waals surface area (Å²) in [5, 5.41) is 10.8. The molecule has 0 bridgehead atoms. The maximum Gasteiger partial charge on any atom is 0.344 e. The third-order valence-corrected chi connectivity index (χ3v) is 2.10. The van der Waals surface area contributed by atoms with Gasteiger partial charge >= 0.3 is 5.65 Å². The maximum absolute atomic E-state index is 10.8. The van der Waals surface area contributed by atoms with E-state index >= 15 is 0 Å². The summed E-state index contributed by atoms with van der Waals surface area (Å²) in [7, 11) is 0. The Kier molecular flexibility index (Phi) is 1.07. The van der Waals surface area contributed by atoms with Crippen LogP contribution in [-0.4, -0.2) is 4.98 Å². The largest absolute Gasteiger partial charge is 0.710 e. The van der Waals surface area contributed by atoms with Crippen molar-refractivity contribution in [3.63, 3.8) is 0 Å². The Hall–Kier alpha value is -1.16. The van der Waals surface area contributed by atoms with Crippen molar-refractivity contribution in [3.05, 3.63) is 29.0 Å². The number of nitrogens with zero attached hydrogens (tertiary/aromatic N) is 2. The van der Waals surface area contributed by atoms with Crippen molar-refractivity contribution in [1.82, 2.24) is 4.98 Å². The number of hydrogen-bond acceptors (Lipinski definition) is 3. The third kappa shape index (κ3) is 0.657. The lowest BCUT2D eigenvalue weighted by molar-refractivity contribution is -0.574. The van der Waals surface area contributed by atoms with Crippen molar-refractivity contribution in [2.24, 2.45) is 0 Å². The molecule has 0 unspecified atom stereocenters. The van der Waals surface area contributed by atoms with Crippen LogP contribution in [0.4, 0.5) is 0 Å². The zero-order valence-corrected chi connectivity index (χ0v) is 5.84. The first-order chi connectivity index (χ1) is 4.88. The van der Waals surface area contributed by atoms with Crippen LogP contribution in [0.25, 0.3) is 10.3 Å². The second-order valence-corrected chi connectivity index (χ2v) is 2.76. The van der Waals surface area contributed by atoms with E-state index in [4.69, 9.17) is 0 Å². The molecule has 0 saturated heterocycles. The molecule has 2 heterocycles. The van der Waals surface area contributed by atoms with Gasteiger partial charge in [-0.05, 0) is 17.1 Å². The van der Waals surface area contributed by atoms with Gasteiger partial charge in [0.25, 0.3) is 0 Å². The Balaban J connectivity index is 2.93. The standard InChI is InChI=1S/C6H4N2OS/c9-8-4-10-5-2-1-3-7-6(5)8/h1-4H. The second-order valence-electron chi connectivity index (χ2n) is 1.87. The van der Waals surface area contributed by atoms with E-state index in [1.54, 1.807) is 6.20 Å². The molecule has 0 atom stereocenters. The summed E-state index contributed by atoms with van der Waals surface area (Å²) >= 11 is 1.40. The summed E-state index contributed by atoms with van der Waals surface area (Å²) in [5.41, 5.74) is 2.00. The van der Waals surface area contributed by atoms with Crippen LogP contribution >= 0.6 is 11.3 Å². The molecule has 0 aliphatic rings. The Bertz CT molecular complexity index is 357. The monoisotopic (exact) mass is 152 g/mol. The summed E-state index contributed by atoms with van der Waals surface area (Å²) < 4.78 is 1.71. The number of hydrogen-bond donors (Lipinski definition) is 0. The average Bonchev–Trinajstić information content (AvgIpc) is 2.34. The molecule has 0 aliphatic carbocycles. The highest BCUT2D eigenvalue weighted by atomic mass is 32.1. The number of rotatable bonds is 0. The van der Waals surface area contributed by atoms with E-state index in [2.05, 4.69) is 4.98 Å². The summed E-state index contributed by atoms with van der Waals surface area (Å²) in [4.78, 5) is 3.90. The summed E-state index contributed by atoms with van der Waals surface area (Å²) in [6.07, 6.45) is 1.61.